The van der Waals surface area contributed by atoms with Crippen LogP contribution in [0.15, 0.2) is 36.0 Å². The third-order valence-corrected chi connectivity index (χ3v) is 4.85. The predicted octanol–water partition coefficient (Wildman–Crippen LogP) is 2.70. The quantitative estimate of drug-likeness (QED) is 0.729. The SMILES string of the molecule is NC(=O)c1ccc(Nc2ncnc3ccsc23)c(OC2CCOC2)c1. The lowest BCUT2D eigenvalue weighted by Crippen LogP contribution is -2.17. The van der Waals surface area contributed by atoms with Crippen molar-refractivity contribution >= 4 is 39.0 Å². The molecule has 0 radical (unpaired) electrons. The number of primary amides is 1. The number of rotatable bonds is 5. The van der Waals surface area contributed by atoms with Crippen LogP contribution in [0.25, 0.3) is 10.2 Å². The number of aromatic nitrogens is 2. The van der Waals surface area contributed by atoms with Gasteiger partial charge in [-0.2, -0.15) is 0 Å². The zero-order chi connectivity index (χ0) is 17.2. The van der Waals surface area contributed by atoms with Gasteiger partial charge in [-0.05, 0) is 29.6 Å². The van der Waals surface area contributed by atoms with Gasteiger partial charge in [-0.1, -0.05) is 0 Å². The van der Waals surface area contributed by atoms with Gasteiger partial charge in [-0.15, -0.1) is 11.3 Å². The second-order valence-corrected chi connectivity index (χ2v) is 6.58. The summed E-state index contributed by atoms with van der Waals surface area (Å²) < 4.78 is 12.3. The first kappa shape index (κ1) is 15.8. The highest BCUT2D eigenvalue weighted by molar-refractivity contribution is 7.17. The Hall–Kier alpha value is -2.71. The maximum atomic E-state index is 11.5. The fourth-order valence-corrected chi connectivity index (χ4v) is 3.46. The van der Waals surface area contributed by atoms with Gasteiger partial charge < -0.3 is 20.5 Å². The van der Waals surface area contributed by atoms with Gasteiger partial charge in [0.25, 0.3) is 0 Å². The first-order chi connectivity index (χ1) is 12.2. The Morgan fingerprint density at radius 1 is 1.36 bits per heavy atom. The molecule has 1 atom stereocenters. The molecule has 1 aromatic carbocycles. The molecule has 0 bridgehead atoms. The molecule has 1 saturated heterocycles. The molecule has 1 fully saturated rings. The number of amides is 1. The summed E-state index contributed by atoms with van der Waals surface area (Å²) in [7, 11) is 0. The van der Waals surface area contributed by atoms with Crippen molar-refractivity contribution in [2.24, 2.45) is 5.73 Å². The third kappa shape index (κ3) is 3.26. The van der Waals surface area contributed by atoms with Crippen LogP contribution in [-0.4, -0.2) is 35.2 Å². The Balaban J connectivity index is 1.69. The number of nitrogens with zero attached hydrogens (tertiary/aromatic N) is 2. The topological polar surface area (TPSA) is 99.4 Å². The Kier molecular flexibility index (Phi) is 4.21. The number of thiophene rings is 1. The van der Waals surface area contributed by atoms with E-state index in [2.05, 4.69) is 15.3 Å². The van der Waals surface area contributed by atoms with Gasteiger partial charge in [0.05, 0.1) is 29.1 Å². The largest absolute Gasteiger partial charge is 0.486 e. The van der Waals surface area contributed by atoms with E-state index in [-0.39, 0.29) is 6.10 Å². The maximum absolute atomic E-state index is 11.5. The molecule has 8 heteroatoms. The van der Waals surface area contributed by atoms with Crippen molar-refractivity contribution in [1.29, 1.82) is 0 Å². The van der Waals surface area contributed by atoms with Crippen molar-refractivity contribution < 1.29 is 14.3 Å². The molecule has 0 aliphatic carbocycles. The Morgan fingerprint density at radius 2 is 2.28 bits per heavy atom. The highest BCUT2D eigenvalue weighted by Crippen LogP contribution is 2.33. The average molecular weight is 356 g/mol. The Morgan fingerprint density at radius 3 is 3.08 bits per heavy atom. The van der Waals surface area contributed by atoms with E-state index in [0.717, 1.165) is 16.6 Å². The monoisotopic (exact) mass is 356 g/mol. The number of hydrogen-bond donors (Lipinski definition) is 2. The van der Waals surface area contributed by atoms with E-state index in [1.807, 2.05) is 11.4 Å². The molecule has 25 heavy (non-hydrogen) atoms. The molecule has 1 aliphatic rings. The van der Waals surface area contributed by atoms with Crippen molar-refractivity contribution in [1.82, 2.24) is 9.97 Å². The molecule has 3 N–H and O–H groups in total. The average Bonchev–Trinajstić information content (AvgIpc) is 3.28. The summed E-state index contributed by atoms with van der Waals surface area (Å²) in [5.74, 6) is 0.747. The number of carbonyl (C=O) groups is 1. The van der Waals surface area contributed by atoms with Gasteiger partial charge in [0.2, 0.25) is 5.91 Å². The van der Waals surface area contributed by atoms with Gasteiger partial charge in [0.1, 0.15) is 18.2 Å². The molecular weight excluding hydrogens is 340 g/mol. The molecule has 7 nitrogen and oxygen atoms in total. The zero-order valence-electron chi connectivity index (χ0n) is 13.3. The van der Waals surface area contributed by atoms with Crippen LogP contribution in [0.5, 0.6) is 5.75 Å². The number of anilines is 2. The Labute approximate surface area is 147 Å². The standard InChI is InChI=1S/C17H16N4O3S/c18-16(22)10-1-2-12(14(7-10)24-11-3-5-23-8-11)21-17-15-13(4-6-25-15)19-9-20-17/h1-2,4,6-7,9,11H,3,5,8H2,(H2,18,22)(H,19,20,21). The summed E-state index contributed by atoms with van der Waals surface area (Å²) in [6.45, 7) is 1.20. The first-order valence-electron chi connectivity index (χ1n) is 7.84. The van der Waals surface area contributed by atoms with Crippen LogP contribution in [0, 0.1) is 0 Å². The molecule has 3 heterocycles. The van der Waals surface area contributed by atoms with Gasteiger partial charge in [0.15, 0.2) is 5.82 Å². The summed E-state index contributed by atoms with van der Waals surface area (Å²) in [6.07, 6.45) is 2.28. The van der Waals surface area contributed by atoms with Crippen LogP contribution in [-0.2, 0) is 4.74 Å². The number of nitrogens with one attached hydrogen (secondary N) is 1. The van der Waals surface area contributed by atoms with Gasteiger partial charge in [-0.25, -0.2) is 9.97 Å². The molecule has 1 aliphatic heterocycles. The summed E-state index contributed by atoms with van der Waals surface area (Å²) in [5, 5.41) is 5.25. The summed E-state index contributed by atoms with van der Waals surface area (Å²) >= 11 is 1.56. The molecule has 3 aromatic rings. The van der Waals surface area contributed by atoms with Crippen molar-refractivity contribution in [2.45, 2.75) is 12.5 Å². The lowest BCUT2D eigenvalue weighted by atomic mass is 10.1. The van der Waals surface area contributed by atoms with Crippen LogP contribution < -0.4 is 15.8 Å². The predicted molar refractivity (Wildman–Crippen MR) is 95.5 cm³/mol. The lowest BCUT2D eigenvalue weighted by Gasteiger charge is -2.17. The number of carbonyl (C=O) groups excluding carboxylic acids is 1. The molecule has 2 aromatic heterocycles. The molecule has 0 saturated carbocycles. The van der Waals surface area contributed by atoms with E-state index in [1.165, 1.54) is 6.33 Å². The van der Waals surface area contributed by atoms with Crippen molar-refractivity contribution in [3.63, 3.8) is 0 Å². The minimum absolute atomic E-state index is 0.0455. The third-order valence-electron chi connectivity index (χ3n) is 3.94. The molecule has 0 spiro atoms. The van der Waals surface area contributed by atoms with Crippen molar-refractivity contribution in [2.75, 3.05) is 18.5 Å². The van der Waals surface area contributed by atoms with Crippen molar-refractivity contribution in [3.8, 4) is 5.75 Å². The maximum Gasteiger partial charge on any atom is 0.248 e. The van der Waals surface area contributed by atoms with E-state index in [4.69, 9.17) is 15.2 Å². The summed E-state index contributed by atoms with van der Waals surface area (Å²) in [6, 6.07) is 7.02. The molecule has 1 unspecified atom stereocenters. The minimum atomic E-state index is -0.498. The van der Waals surface area contributed by atoms with Crippen LogP contribution in [0.4, 0.5) is 11.5 Å². The van der Waals surface area contributed by atoms with E-state index in [1.54, 1.807) is 29.5 Å². The molecular formula is C17H16N4O3S. The second kappa shape index (κ2) is 6.66. The fraction of sp³-hybridized carbons (Fsp3) is 0.235. The lowest BCUT2D eigenvalue weighted by molar-refractivity contribution is 0.0999. The highest BCUT2D eigenvalue weighted by Gasteiger charge is 2.20. The number of nitrogens with two attached hydrogens (primary N) is 1. The first-order valence-corrected chi connectivity index (χ1v) is 8.72. The second-order valence-electron chi connectivity index (χ2n) is 5.66. The summed E-state index contributed by atoms with van der Waals surface area (Å²) in [4.78, 5) is 20.1. The Bertz CT molecular complexity index is 921. The smallest absolute Gasteiger partial charge is 0.248 e. The van der Waals surface area contributed by atoms with Gasteiger partial charge in [-0.3, -0.25) is 4.79 Å². The van der Waals surface area contributed by atoms with Gasteiger partial charge in [0, 0.05) is 12.0 Å². The van der Waals surface area contributed by atoms with Crippen LogP contribution in [0.1, 0.15) is 16.8 Å². The van der Waals surface area contributed by atoms with Gasteiger partial charge >= 0.3 is 0 Å². The van der Waals surface area contributed by atoms with E-state index >= 15 is 0 Å². The van der Waals surface area contributed by atoms with Crippen LogP contribution in [0.3, 0.4) is 0 Å². The normalized spacial score (nSPS) is 16.9. The zero-order valence-corrected chi connectivity index (χ0v) is 14.1. The molecule has 4 rings (SSSR count). The van der Waals surface area contributed by atoms with Crippen molar-refractivity contribution in [3.05, 3.63) is 41.5 Å². The van der Waals surface area contributed by atoms with Crippen LogP contribution in [0.2, 0.25) is 0 Å². The fourth-order valence-electron chi connectivity index (χ4n) is 2.67. The van der Waals surface area contributed by atoms with E-state index in [9.17, 15) is 4.79 Å². The van der Waals surface area contributed by atoms with E-state index < -0.39 is 5.91 Å². The highest BCUT2D eigenvalue weighted by atomic mass is 32.1. The van der Waals surface area contributed by atoms with E-state index in [0.29, 0.717) is 36.0 Å². The minimum Gasteiger partial charge on any atom is -0.486 e. The molecule has 1 amide bonds. The van der Waals surface area contributed by atoms with Crippen LogP contribution >= 0.6 is 11.3 Å². The number of benzene rings is 1. The molecule has 128 valence electrons. The number of ether oxygens (including phenoxy) is 2. The number of hydrogen-bond acceptors (Lipinski definition) is 7. The number of fused-ring (bicyclic) bond motifs is 1. The summed E-state index contributed by atoms with van der Waals surface area (Å²) in [5.41, 5.74) is 7.38.